The predicted octanol–water partition coefficient (Wildman–Crippen LogP) is 4.27. The first-order chi connectivity index (χ1) is 11.3. The molecule has 3 aromatic carbocycles. The number of hydrogen-bond donors (Lipinski definition) is 1. The van der Waals surface area contributed by atoms with Gasteiger partial charge in [-0.25, -0.2) is 5.43 Å². The molecule has 3 rings (SSSR count). The number of rotatable bonds is 4. The first kappa shape index (κ1) is 14.7. The molecule has 0 fully saturated rings. The van der Waals surface area contributed by atoms with E-state index in [1.165, 1.54) is 0 Å². The van der Waals surface area contributed by atoms with Crippen molar-refractivity contribution in [3.8, 4) is 0 Å². The maximum atomic E-state index is 12.2. The van der Waals surface area contributed by atoms with Gasteiger partial charge < -0.3 is 0 Å². The molecule has 1 N–H and O–H groups in total. The van der Waals surface area contributed by atoms with Crippen molar-refractivity contribution < 1.29 is 4.79 Å². The molecule has 0 saturated heterocycles. The first-order valence-corrected chi connectivity index (χ1v) is 7.37. The lowest BCUT2D eigenvalue weighted by atomic mass is 10.0. The van der Waals surface area contributed by atoms with E-state index in [1.54, 1.807) is 18.4 Å². The van der Waals surface area contributed by atoms with E-state index in [-0.39, 0.29) is 5.91 Å². The number of fused-ring (bicyclic) bond motifs is 1. The molecular formula is C20H16N2O. The number of carbonyl (C=O) groups is 1. The molecule has 0 unspecified atom stereocenters. The summed E-state index contributed by atoms with van der Waals surface area (Å²) in [6.45, 7) is 0. The number of nitrogens with one attached hydrogen (secondary N) is 1. The van der Waals surface area contributed by atoms with Crippen LogP contribution in [0.3, 0.4) is 0 Å². The predicted molar refractivity (Wildman–Crippen MR) is 95.4 cm³/mol. The minimum Gasteiger partial charge on any atom is -0.267 e. The van der Waals surface area contributed by atoms with Crippen LogP contribution in [-0.2, 0) is 0 Å². The van der Waals surface area contributed by atoms with Crippen molar-refractivity contribution >= 4 is 29.0 Å². The Hall–Kier alpha value is -3.20. The standard InChI is InChI=1S/C20H16N2O/c23-20(19-14-6-12-17-11-4-5-13-18(17)19)22-21-15-7-10-16-8-2-1-3-9-16/h1-15H,(H,22,23). The number of hydrazone groups is 1. The average molecular weight is 300 g/mol. The Bertz CT molecular complexity index is 862. The third-order valence-corrected chi connectivity index (χ3v) is 3.45. The first-order valence-electron chi connectivity index (χ1n) is 7.37. The Balaban J connectivity index is 1.67. The van der Waals surface area contributed by atoms with Crippen LogP contribution in [0.25, 0.3) is 16.8 Å². The molecule has 0 bridgehead atoms. The van der Waals surface area contributed by atoms with Crippen molar-refractivity contribution in [1.29, 1.82) is 0 Å². The molecule has 0 aliphatic carbocycles. The summed E-state index contributed by atoms with van der Waals surface area (Å²) in [4.78, 5) is 12.2. The molecule has 112 valence electrons. The highest BCUT2D eigenvalue weighted by Gasteiger charge is 2.07. The number of carbonyl (C=O) groups excluding carboxylic acids is 1. The van der Waals surface area contributed by atoms with Gasteiger partial charge in [-0.2, -0.15) is 5.10 Å². The molecule has 0 aliphatic rings. The highest BCUT2D eigenvalue weighted by molar-refractivity contribution is 6.07. The van der Waals surface area contributed by atoms with E-state index in [2.05, 4.69) is 10.5 Å². The van der Waals surface area contributed by atoms with Gasteiger partial charge in [0, 0.05) is 11.8 Å². The summed E-state index contributed by atoms with van der Waals surface area (Å²) in [6, 6.07) is 23.4. The van der Waals surface area contributed by atoms with Gasteiger partial charge in [0.2, 0.25) is 0 Å². The van der Waals surface area contributed by atoms with Crippen LogP contribution in [0.1, 0.15) is 15.9 Å². The maximum absolute atomic E-state index is 12.2. The summed E-state index contributed by atoms with van der Waals surface area (Å²) < 4.78 is 0. The molecule has 0 spiro atoms. The van der Waals surface area contributed by atoms with Crippen molar-refractivity contribution in [2.45, 2.75) is 0 Å². The Morgan fingerprint density at radius 3 is 2.48 bits per heavy atom. The quantitative estimate of drug-likeness (QED) is 0.567. The Morgan fingerprint density at radius 2 is 1.61 bits per heavy atom. The van der Waals surface area contributed by atoms with Crippen molar-refractivity contribution in [2.75, 3.05) is 0 Å². The monoisotopic (exact) mass is 300 g/mol. The fourth-order valence-electron chi connectivity index (χ4n) is 2.34. The molecule has 0 aliphatic heterocycles. The number of amides is 1. The minimum atomic E-state index is -0.217. The summed E-state index contributed by atoms with van der Waals surface area (Å²) >= 11 is 0. The van der Waals surface area contributed by atoms with E-state index < -0.39 is 0 Å². The highest BCUT2D eigenvalue weighted by Crippen LogP contribution is 2.18. The van der Waals surface area contributed by atoms with E-state index in [1.807, 2.05) is 72.8 Å². The van der Waals surface area contributed by atoms with E-state index >= 15 is 0 Å². The Labute approximate surface area is 135 Å². The second-order valence-electron chi connectivity index (χ2n) is 5.02. The molecule has 3 aromatic rings. The zero-order valence-electron chi connectivity index (χ0n) is 12.5. The Morgan fingerprint density at radius 1 is 0.870 bits per heavy atom. The topological polar surface area (TPSA) is 41.5 Å². The third-order valence-electron chi connectivity index (χ3n) is 3.45. The molecule has 0 saturated carbocycles. The minimum absolute atomic E-state index is 0.217. The van der Waals surface area contributed by atoms with E-state index in [4.69, 9.17) is 0 Å². The van der Waals surface area contributed by atoms with Gasteiger partial charge in [-0.15, -0.1) is 0 Å². The van der Waals surface area contributed by atoms with E-state index in [0.717, 1.165) is 16.3 Å². The molecule has 0 aromatic heterocycles. The molecule has 1 amide bonds. The summed E-state index contributed by atoms with van der Waals surface area (Å²) in [5.41, 5.74) is 4.26. The van der Waals surface area contributed by atoms with Gasteiger partial charge in [0.05, 0.1) is 0 Å². The lowest BCUT2D eigenvalue weighted by Gasteiger charge is -2.04. The highest BCUT2D eigenvalue weighted by atomic mass is 16.2. The van der Waals surface area contributed by atoms with Crippen LogP contribution in [-0.4, -0.2) is 12.1 Å². The number of benzene rings is 3. The number of nitrogens with zero attached hydrogens (tertiary/aromatic N) is 1. The smallest absolute Gasteiger partial charge is 0.267 e. The zero-order valence-corrected chi connectivity index (χ0v) is 12.5. The maximum Gasteiger partial charge on any atom is 0.271 e. The van der Waals surface area contributed by atoms with Crippen LogP contribution in [0, 0.1) is 0 Å². The van der Waals surface area contributed by atoms with Crippen LogP contribution in [0.2, 0.25) is 0 Å². The van der Waals surface area contributed by atoms with Gasteiger partial charge in [-0.1, -0.05) is 72.8 Å². The molecule has 0 radical (unpaired) electrons. The lowest BCUT2D eigenvalue weighted by Crippen LogP contribution is -2.17. The second-order valence-corrected chi connectivity index (χ2v) is 5.02. The summed E-state index contributed by atoms with van der Waals surface area (Å²) in [5.74, 6) is -0.217. The molecule has 23 heavy (non-hydrogen) atoms. The summed E-state index contributed by atoms with van der Waals surface area (Å²) in [7, 11) is 0. The van der Waals surface area contributed by atoms with Crippen molar-refractivity contribution in [2.24, 2.45) is 5.10 Å². The molecule has 3 nitrogen and oxygen atoms in total. The SMILES string of the molecule is O=C(NN=CC=Cc1ccccc1)c1cccc2ccccc12. The lowest BCUT2D eigenvalue weighted by molar-refractivity contribution is 0.0957. The van der Waals surface area contributed by atoms with Gasteiger partial charge in [-0.3, -0.25) is 4.79 Å². The molecule has 0 heterocycles. The fourth-order valence-corrected chi connectivity index (χ4v) is 2.34. The molecular weight excluding hydrogens is 284 g/mol. The van der Waals surface area contributed by atoms with Crippen LogP contribution in [0.15, 0.2) is 84.0 Å². The van der Waals surface area contributed by atoms with Crippen LogP contribution in [0.5, 0.6) is 0 Å². The van der Waals surface area contributed by atoms with E-state index in [9.17, 15) is 4.79 Å². The van der Waals surface area contributed by atoms with Crippen LogP contribution < -0.4 is 5.43 Å². The second kappa shape index (κ2) is 7.18. The molecule has 0 atom stereocenters. The van der Waals surface area contributed by atoms with Gasteiger partial charge in [-0.05, 0) is 28.5 Å². The third kappa shape index (κ3) is 3.71. The summed E-state index contributed by atoms with van der Waals surface area (Å²) in [5, 5.41) is 5.91. The van der Waals surface area contributed by atoms with Crippen molar-refractivity contribution in [3.05, 3.63) is 90.0 Å². The van der Waals surface area contributed by atoms with Crippen LogP contribution >= 0.6 is 0 Å². The zero-order chi connectivity index (χ0) is 15.9. The fraction of sp³-hybridized carbons (Fsp3) is 0. The van der Waals surface area contributed by atoms with Crippen molar-refractivity contribution in [3.63, 3.8) is 0 Å². The van der Waals surface area contributed by atoms with Crippen LogP contribution in [0.4, 0.5) is 0 Å². The summed E-state index contributed by atoms with van der Waals surface area (Å²) in [6.07, 6.45) is 5.28. The Kier molecular flexibility index (Phi) is 4.60. The van der Waals surface area contributed by atoms with Gasteiger partial charge in [0.15, 0.2) is 0 Å². The number of hydrogen-bond acceptors (Lipinski definition) is 2. The normalized spacial score (nSPS) is 11.3. The van der Waals surface area contributed by atoms with E-state index in [0.29, 0.717) is 5.56 Å². The van der Waals surface area contributed by atoms with Gasteiger partial charge >= 0.3 is 0 Å². The number of allylic oxidation sites excluding steroid dienone is 1. The largest absolute Gasteiger partial charge is 0.271 e. The van der Waals surface area contributed by atoms with Crippen molar-refractivity contribution in [1.82, 2.24) is 5.43 Å². The molecule has 3 heteroatoms. The van der Waals surface area contributed by atoms with Gasteiger partial charge in [0.25, 0.3) is 5.91 Å². The average Bonchev–Trinajstić information content (AvgIpc) is 2.61. The van der Waals surface area contributed by atoms with Gasteiger partial charge in [0.1, 0.15) is 0 Å².